The molecule has 0 bridgehead atoms. The lowest BCUT2D eigenvalue weighted by atomic mass is 10.5. The number of hydrogen-bond donors (Lipinski definition) is 0. The van der Waals surface area contributed by atoms with E-state index in [1.54, 1.807) is 0 Å². The van der Waals surface area contributed by atoms with Crippen LogP contribution in [0.3, 0.4) is 0 Å². The third-order valence-electron chi connectivity index (χ3n) is 1.15. The summed E-state index contributed by atoms with van der Waals surface area (Å²) in [5.74, 6) is 0. The normalized spacial score (nSPS) is 11.1. The molecule has 0 aliphatic carbocycles. The van der Waals surface area contributed by atoms with Gasteiger partial charge in [-0.25, -0.2) is 0 Å². The van der Waals surface area contributed by atoms with Crippen LogP contribution >= 0.6 is 0 Å². The standard InChI is InChI=1S/C9H22O3Si.C2H4/c1-7(2)10-13(11-8(3)4)12-9(5)6;1-2/h7-9,13H,1-6H3;1-2H2. The summed E-state index contributed by atoms with van der Waals surface area (Å²) in [4.78, 5) is 0. The minimum absolute atomic E-state index is 0.175. The molecule has 0 aliphatic heterocycles. The van der Waals surface area contributed by atoms with Crippen LogP contribution in [-0.2, 0) is 13.3 Å². The minimum atomic E-state index is -1.91. The molecular formula is C11H26O3Si. The molecule has 92 valence electrons. The van der Waals surface area contributed by atoms with E-state index in [9.17, 15) is 0 Å². The van der Waals surface area contributed by atoms with Gasteiger partial charge in [-0.1, -0.05) is 0 Å². The van der Waals surface area contributed by atoms with Crippen molar-refractivity contribution in [2.24, 2.45) is 0 Å². The number of hydrogen-bond acceptors (Lipinski definition) is 3. The molecule has 4 heteroatoms. The highest BCUT2D eigenvalue weighted by Gasteiger charge is 2.20. The van der Waals surface area contributed by atoms with Gasteiger partial charge in [0.15, 0.2) is 0 Å². The Balaban J connectivity index is 0. The summed E-state index contributed by atoms with van der Waals surface area (Å²) >= 11 is 0. The van der Waals surface area contributed by atoms with Crippen molar-refractivity contribution in [2.45, 2.75) is 59.9 Å². The molecule has 0 unspecified atom stereocenters. The first-order valence-electron chi connectivity index (χ1n) is 5.38. The van der Waals surface area contributed by atoms with Gasteiger partial charge in [-0.15, -0.1) is 13.2 Å². The molecule has 0 spiro atoms. The lowest BCUT2D eigenvalue weighted by Gasteiger charge is -2.22. The van der Waals surface area contributed by atoms with Crippen LogP contribution in [0.25, 0.3) is 0 Å². The Morgan fingerprint density at radius 3 is 1.00 bits per heavy atom. The van der Waals surface area contributed by atoms with Gasteiger partial charge in [0.05, 0.1) is 0 Å². The van der Waals surface area contributed by atoms with E-state index in [4.69, 9.17) is 13.3 Å². The van der Waals surface area contributed by atoms with Gasteiger partial charge >= 0.3 is 9.53 Å². The van der Waals surface area contributed by atoms with Crippen LogP contribution in [0.5, 0.6) is 0 Å². The maximum atomic E-state index is 5.57. The average Bonchev–Trinajstić information content (AvgIpc) is 2.03. The van der Waals surface area contributed by atoms with E-state index in [1.807, 2.05) is 41.5 Å². The molecule has 0 N–H and O–H groups in total. The monoisotopic (exact) mass is 234 g/mol. The molecular weight excluding hydrogens is 208 g/mol. The van der Waals surface area contributed by atoms with Crippen LogP contribution in [0.15, 0.2) is 13.2 Å². The van der Waals surface area contributed by atoms with Crippen molar-refractivity contribution in [2.75, 3.05) is 0 Å². The quantitative estimate of drug-likeness (QED) is 0.522. The summed E-state index contributed by atoms with van der Waals surface area (Å²) in [6, 6.07) is 0. The second-order valence-corrected chi connectivity index (χ2v) is 5.24. The lowest BCUT2D eigenvalue weighted by Crippen LogP contribution is -2.34. The van der Waals surface area contributed by atoms with E-state index in [0.717, 1.165) is 0 Å². The molecule has 0 aromatic carbocycles. The van der Waals surface area contributed by atoms with Gasteiger partial charge in [0, 0.05) is 18.3 Å². The zero-order valence-corrected chi connectivity index (χ0v) is 12.1. The Hall–Kier alpha value is -0.163. The van der Waals surface area contributed by atoms with Crippen molar-refractivity contribution in [1.29, 1.82) is 0 Å². The first-order chi connectivity index (χ1) is 6.91. The Morgan fingerprint density at radius 1 is 0.667 bits per heavy atom. The Labute approximate surface area is 96.4 Å². The van der Waals surface area contributed by atoms with Crippen LogP contribution in [-0.4, -0.2) is 27.8 Å². The largest absolute Gasteiger partial charge is 0.484 e. The predicted molar refractivity (Wildman–Crippen MR) is 67.1 cm³/mol. The van der Waals surface area contributed by atoms with Crippen molar-refractivity contribution in [1.82, 2.24) is 0 Å². The molecule has 0 amide bonds. The highest BCUT2D eigenvalue weighted by atomic mass is 28.3. The third-order valence-corrected chi connectivity index (χ3v) is 3.45. The molecule has 0 atom stereocenters. The van der Waals surface area contributed by atoms with Crippen LogP contribution in [0.2, 0.25) is 0 Å². The summed E-state index contributed by atoms with van der Waals surface area (Å²) in [6.07, 6.45) is 0.525. The molecule has 0 aromatic rings. The summed E-state index contributed by atoms with van der Waals surface area (Å²) in [5.41, 5.74) is 0. The van der Waals surface area contributed by atoms with Crippen LogP contribution in [0.1, 0.15) is 41.5 Å². The third kappa shape index (κ3) is 13.8. The van der Waals surface area contributed by atoms with Gasteiger partial charge in [0.2, 0.25) is 0 Å². The van der Waals surface area contributed by atoms with Crippen LogP contribution in [0, 0.1) is 0 Å². The molecule has 0 fully saturated rings. The molecule has 0 saturated heterocycles. The predicted octanol–water partition coefficient (Wildman–Crippen LogP) is 2.78. The minimum Gasteiger partial charge on any atom is -0.373 e. The van der Waals surface area contributed by atoms with E-state index >= 15 is 0 Å². The lowest BCUT2D eigenvalue weighted by molar-refractivity contribution is 0.0335. The molecule has 3 nitrogen and oxygen atoms in total. The van der Waals surface area contributed by atoms with E-state index in [-0.39, 0.29) is 18.3 Å². The fourth-order valence-corrected chi connectivity index (χ4v) is 2.29. The molecule has 0 radical (unpaired) electrons. The molecule has 0 aromatic heterocycles. The maximum Gasteiger partial charge on any atom is 0.484 e. The van der Waals surface area contributed by atoms with Crippen LogP contribution < -0.4 is 0 Å². The summed E-state index contributed by atoms with van der Waals surface area (Å²) < 4.78 is 16.7. The zero-order valence-electron chi connectivity index (χ0n) is 10.9. The Bertz CT molecular complexity index is 114. The molecule has 15 heavy (non-hydrogen) atoms. The van der Waals surface area contributed by atoms with E-state index in [0.29, 0.717) is 0 Å². The van der Waals surface area contributed by atoms with Crippen molar-refractivity contribution in [3.63, 3.8) is 0 Å². The SMILES string of the molecule is C=C.CC(C)O[SiH](OC(C)C)OC(C)C. The summed E-state index contributed by atoms with van der Waals surface area (Å²) in [7, 11) is -1.91. The molecule has 0 aliphatic rings. The second kappa shape index (κ2) is 10.4. The Morgan fingerprint density at radius 2 is 0.867 bits per heavy atom. The summed E-state index contributed by atoms with van der Waals surface area (Å²) in [5, 5.41) is 0. The molecule has 0 saturated carbocycles. The van der Waals surface area contributed by atoms with Gasteiger partial charge in [-0.05, 0) is 41.5 Å². The highest BCUT2D eigenvalue weighted by molar-refractivity contribution is 6.36. The van der Waals surface area contributed by atoms with Crippen molar-refractivity contribution < 1.29 is 13.3 Å². The average molecular weight is 234 g/mol. The molecule has 0 heterocycles. The maximum absolute atomic E-state index is 5.57. The first-order valence-corrected chi connectivity index (χ1v) is 6.79. The second-order valence-electron chi connectivity index (χ2n) is 3.84. The van der Waals surface area contributed by atoms with E-state index < -0.39 is 9.53 Å². The number of rotatable bonds is 6. The zero-order chi connectivity index (χ0) is 12.4. The van der Waals surface area contributed by atoms with Gasteiger partial charge < -0.3 is 13.3 Å². The first kappa shape index (κ1) is 17.2. The van der Waals surface area contributed by atoms with Gasteiger partial charge in [-0.2, -0.15) is 0 Å². The van der Waals surface area contributed by atoms with Crippen molar-refractivity contribution >= 4 is 9.53 Å². The Kier molecular flexibility index (Phi) is 11.9. The summed E-state index contributed by atoms with van der Waals surface area (Å²) in [6.45, 7) is 18.0. The van der Waals surface area contributed by atoms with E-state index in [1.165, 1.54) is 0 Å². The smallest absolute Gasteiger partial charge is 0.373 e. The van der Waals surface area contributed by atoms with Gasteiger partial charge in [0.1, 0.15) is 0 Å². The fourth-order valence-electron chi connectivity index (χ4n) is 0.763. The molecule has 0 rings (SSSR count). The van der Waals surface area contributed by atoms with E-state index in [2.05, 4.69) is 13.2 Å². The fraction of sp³-hybridized carbons (Fsp3) is 0.818. The van der Waals surface area contributed by atoms with Crippen LogP contribution in [0.4, 0.5) is 0 Å². The van der Waals surface area contributed by atoms with Crippen molar-refractivity contribution in [3.8, 4) is 0 Å². The van der Waals surface area contributed by atoms with Crippen molar-refractivity contribution in [3.05, 3.63) is 13.2 Å². The highest BCUT2D eigenvalue weighted by Crippen LogP contribution is 2.04. The van der Waals surface area contributed by atoms with Gasteiger partial charge in [-0.3, -0.25) is 0 Å². The van der Waals surface area contributed by atoms with Gasteiger partial charge in [0.25, 0.3) is 0 Å². The topological polar surface area (TPSA) is 27.7 Å².